The minimum atomic E-state index is -4.89. The maximum Gasteiger partial charge on any atom is 0.573 e. The number of pyridine rings is 1. The molecule has 198 valence electrons. The monoisotopic (exact) mass is 546 g/mol. The van der Waals surface area contributed by atoms with E-state index in [0.717, 1.165) is 6.07 Å². The van der Waals surface area contributed by atoms with Gasteiger partial charge in [-0.25, -0.2) is 0 Å². The van der Waals surface area contributed by atoms with Gasteiger partial charge >= 0.3 is 6.36 Å². The van der Waals surface area contributed by atoms with Gasteiger partial charge in [-0.05, 0) is 30.3 Å². The number of methoxy groups -OCH3 is 1. The molecule has 1 N–H and O–H groups in total. The van der Waals surface area contributed by atoms with E-state index >= 15 is 0 Å². The van der Waals surface area contributed by atoms with E-state index in [2.05, 4.69) is 27.7 Å². The Labute approximate surface area is 221 Å². The molecule has 12 heteroatoms. The van der Waals surface area contributed by atoms with Crippen LogP contribution in [0.25, 0.3) is 10.9 Å². The van der Waals surface area contributed by atoms with Gasteiger partial charge in [0, 0.05) is 49.3 Å². The summed E-state index contributed by atoms with van der Waals surface area (Å²) in [6.07, 6.45) is -1.20. The summed E-state index contributed by atoms with van der Waals surface area (Å²) in [5, 5.41) is 13.0. The van der Waals surface area contributed by atoms with Gasteiger partial charge in [-0.3, -0.25) is 9.78 Å². The van der Waals surface area contributed by atoms with E-state index in [4.69, 9.17) is 21.1 Å². The molecule has 1 aromatic heterocycles. The number of nitriles is 1. The zero-order chi connectivity index (χ0) is 27.4. The lowest BCUT2D eigenvalue weighted by Crippen LogP contribution is -2.41. The van der Waals surface area contributed by atoms with Crippen molar-refractivity contribution in [3.63, 3.8) is 0 Å². The first-order valence-electron chi connectivity index (χ1n) is 11.4. The van der Waals surface area contributed by atoms with Crippen LogP contribution in [0, 0.1) is 11.3 Å². The summed E-state index contributed by atoms with van der Waals surface area (Å²) in [4.78, 5) is 17.9. The van der Waals surface area contributed by atoms with E-state index in [9.17, 15) is 23.2 Å². The third-order valence-corrected chi connectivity index (χ3v) is 6.22. The molecule has 8 nitrogen and oxygen atoms in total. The van der Waals surface area contributed by atoms with Crippen molar-refractivity contribution in [1.29, 1.82) is 5.26 Å². The second kappa shape index (κ2) is 11.1. The number of alkyl halides is 3. The third kappa shape index (κ3) is 6.03. The lowest BCUT2D eigenvalue weighted by Gasteiger charge is -2.31. The van der Waals surface area contributed by atoms with Crippen LogP contribution >= 0.6 is 11.6 Å². The highest BCUT2D eigenvalue weighted by Crippen LogP contribution is 2.39. The van der Waals surface area contributed by atoms with Gasteiger partial charge in [-0.15, -0.1) is 13.2 Å². The highest BCUT2D eigenvalue weighted by Gasteiger charge is 2.32. The second-order valence-electron chi connectivity index (χ2n) is 8.34. The summed E-state index contributed by atoms with van der Waals surface area (Å²) in [7, 11) is 1.49. The summed E-state index contributed by atoms with van der Waals surface area (Å²) in [6.45, 7) is 4.56. The van der Waals surface area contributed by atoms with E-state index in [0.29, 0.717) is 59.7 Å². The summed E-state index contributed by atoms with van der Waals surface area (Å²) in [5.74, 6) is 0.170. The fourth-order valence-electron chi connectivity index (χ4n) is 4.10. The maximum absolute atomic E-state index is 12.6. The summed E-state index contributed by atoms with van der Waals surface area (Å²) in [6, 6.07) is 9.11. The largest absolute Gasteiger partial charge is 0.573 e. The van der Waals surface area contributed by atoms with Crippen LogP contribution in [0.15, 0.2) is 49.2 Å². The Morgan fingerprint density at radius 1 is 1.24 bits per heavy atom. The maximum atomic E-state index is 12.6. The molecule has 0 saturated carbocycles. The molecule has 1 fully saturated rings. The van der Waals surface area contributed by atoms with Crippen LogP contribution in [0.1, 0.15) is 18.4 Å². The summed E-state index contributed by atoms with van der Waals surface area (Å²) >= 11 is 6.00. The van der Waals surface area contributed by atoms with Gasteiger partial charge in [0.15, 0.2) is 11.5 Å². The standard InChI is InChI=1S/C26H22ClF3N4O4/c1-3-24(35)34-8-6-17(7-9-34)37-23-11-18-20(12-22(23)36-2)32-14-15(13-31)25(18)33-16-4-5-21(19(27)10-16)38-26(28,29)30/h3-5,10-12,14,17H,1,6-9H2,2H3,(H,32,33). The quantitative estimate of drug-likeness (QED) is 0.365. The summed E-state index contributed by atoms with van der Waals surface area (Å²) in [5.41, 5.74) is 1.37. The van der Waals surface area contributed by atoms with Gasteiger partial charge in [0.2, 0.25) is 5.91 Å². The van der Waals surface area contributed by atoms with Crippen LogP contribution in [0.4, 0.5) is 24.5 Å². The van der Waals surface area contributed by atoms with Crippen LogP contribution in [-0.2, 0) is 4.79 Å². The van der Waals surface area contributed by atoms with E-state index in [1.54, 1.807) is 17.0 Å². The van der Waals surface area contributed by atoms with Crippen molar-refractivity contribution < 1.29 is 32.2 Å². The average molecular weight is 547 g/mol. The van der Waals surface area contributed by atoms with Crippen molar-refractivity contribution >= 4 is 39.8 Å². The zero-order valence-corrected chi connectivity index (χ0v) is 20.9. The topological polar surface area (TPSA) is 96.7 Å². The van der Waals surface area contributed by atoms with Gasteiger partial charge in [0.25, 0.3) is 0 Å². The number of ether oxygens (including phenoxy) is 3. The number of rotatable bonds is 7. The summed E-state index contributed by atoms with van der Waals surface area (Å²) < 4.78 is 53.4. The average Bonchev–Trinajstić information content (AvgIpc) is 2.89. The second-order valence-corrected chi connectivity index (χ2v) is 8.75. The number of amides is 1. The van der Waals surface area contributed by atoms with Crippen LogP contribution in [0.3, 0.4) is 0 Å². The molecule has 0 aliphatic carbocycles. The van der Waals surface area contributed by atoms with E-state index in [1.807, 2.05) is 0 Å². The molecule has 1 aliphatic heterocycles. The number of carbonyl (C=O) groups excluding carboxylic acids is 1. The molecule has 0 bridgehead atoms. The van der Waals surface area contributed by atoms with E-state index in [-0.39, 0.29) is 22.6 Å². The van der Waals surface area contributed by atoms with Crippen LogP contribution < -0.4 is 19.5 Å². The van der Waals surface area contributed by atoms with Gasteiger partial charge in [-0.1, -0.05) is 18.2 Å². The minimum absolute atomic E-state index is 0.129. The Balaban J connectivity index is 1.66. The predicted molar refractivity (Wildman–Crippen MR) is 135 cm³/mol. The molecule has 0 atom stereocenters. The van der Waals surface area contributed by atoms with Crippen molar-refractivity contribution in [1.82, 2.24) is 9.88 Å². The normalized spacial score (nSPS) is 14.1. The predicted octanol–water partition coefficient (Wildman–Crippen LogP) is 5.97. The fourth-order valence-corrected chi connectivity index (χ4v) is 4.32. The van der Waals surface area contributed by atoms with Crippen molar-refractivity contribution in [2.45, 2.75) is 25.3 Å². The Kier molecular flexibility index (Phi) is 7.83. The van der Waals surface area contributed by atoms with Crippen molar-refractivity contribution in [3.8, 4) is 23.3 Å². The number of carbonyl (C=O) groups is 1. The number of anilines is 2. The minimum Gasteiger partial charge on any atom is -0.493 e. The number of aromatic nitrogens is 1. The van der Waals surface area contributed by atoms with Gasteiger partial charge in [0.05, 0.1) is 28.9 Å². The number of nitrogens with one attached hydrogen (secondary N) is 1. The Bertz CT molecular complexity index is 1420. The van der Waals surface area contributed by atoms with Crippen LogP contribution in [-0.4, -0.2) is 48.5 Å². The lowest BCUT2D eigenvalue weighted by molar-refractivity contribution is -0.274. The number of hydrogen-bond acceptors (Lipinski definition) is 7. The molecule has 1 amide bonds. The van der Waals surface area contributed by atoms with Gasteiger partial charge in [-0.2, -0.15) is 5.26 Å². The molecule has 3 aromatic rings. The molecule has 0 radical (unpaired) electrons. The molecular formula is C26H22ClF3N4O4. The van der Waals surface area contributed by atoms with E-state index < -0.39 is 12.1 Å². The number of nitrogens with zero attached hydrogens (tertiary/aromatic N) is 3. The smallest absolute Gasteiger partial charge is 0.493 e. The van der Waals surface area contributed by atoms with Crippen LogP contribution in [0.2, 0.25) is 5.02 Å². The van der Waals surface area contributed by atoms with Gasteiger partial charge < -0.3 is 24.4 Å². The van der Waals surface area contributed by atoms with Crippen molar-refractivity contribution in [3.05, 3.63) is 59.8 Å². The molecule has 4 rings (SSSR count). The molecular weight excluding hydrogens is 525 g/mol. The molecule has 1 aliphatic rings. The number of hydrogen-bond donors (Lipinski definition) is 1. The Hall–Kier alpha value is -4.17. The molecule has 1 saturated heterocycles. The van der Waals surface area contributed by atoms with E-state index in [1.165, 1.54) is 31.5 Å². The SMILES string of the molecule is C=CC(=O)N1CCC(Oc2cc3c(Nc4ccc(OC(F)(F)F)c(Cl)c4)c(C#N)cnc3cc2OC)CC1. The van der Waals surface area contributed by atoms with Gasteiger partial charge in [0.1, 0.15) is 17.9 Å². The Morgan fingerprint density at radius 3 is 2.58 bits per heavy atom. The molecule has 38 heavy (non-hydrogen) atoms. The Morgan fingerprint density at radius 2 is 1.97 bits per heavy atom. The number of likely N-dealkylation sites (tertiary alicyclic amines) is 1. The number of benzene rings is 2. The number of halogens is 4. The highest BCUT2D eigenvalue weighted by atomic mass is 35.5. The fraction of sp³-hybridized carbons (Fsp3) is 0.269. The highest BCUT2D eigenvalue weighted by molar-refractivity contribution is 6.32. The molecule has 2 aromatic carbocycles. The van der Waals surface area contributed by atoms with Crippen molar-refractivity contribution in [2.75, 3.05) is 25.5 Å². The van der Waals surface area contributed by atoms with Crippen molar-refractivity contribution in [2.24, 2.45) is 0 Å². The first-order chi connectivity index (χ1) is 18.1. The third-order valence-electron chi connectivity index (χ3n) is 5.92. The number of fused-ring (bicyclic) bond motifs is 1. The molecule has 2 heterocycles. The molecule has 0 unspecified atom stereocenters. The zero-order valence-electron chi connectivity index (χ0n) is 20.1. The first-order valence-corrected chi connectivity index (χ1v) is 11.8. The lowest BCUT2D eigenvalue weighted by atomic mass is 10.1. The number of piperidine rings is 1. The molecule has 0 spiro atoms. The first kappa shape index (κ1) is 26.9. The van der Waals surface area contributed by atoms with Crippen LogP contribution in [0.5, 0.6) is 17.2 Å².